The third-order valence-electron chi connectivity index (χ3n) is 3.52. The van der Waals surface area contributed by atoms with Crippen molar-refractivity contribution in [2.45, 2.75) is 25.4 Å². The molecule has 1 heterocycles. The number of rotatable bonds is 4. The number of piperidine rings is 1. The van der Waals surface area contributed by atoms with Gasteiger partial charge in [0.05, 0.1) is 4.92 Å². The molecule has 2 amide bonds. The Morgan fingerprint density at radius 2 is 2.15 bits per heavy atom. The van der Waals surface area contributed by atoms with Gasteiger partial charge in [-0.3, -0.25) is 10.1 Å². The number of urea groups is 1. The van der Waals surface area contributed by atoms with E-state index in [1.807, 2.05) is 6.07 Å². The second-order valence-electron chi connectivity index (χ2n) is 4.91. The zero-order valence-corrected chi connectivity index (χ0v) is 11.1. The lowest BCUT2D eigenvalue weighted by Crippen LogP contribution is -2.46. The van der Waals surface area contributed by atoms with Gasteiger partial charge in [-0.2, -0.15) is 0 Å². The van der Waals surface area contributed by atoms with Crippen molar-refractivity contribution in [1.82, 2.24) is 10.2 Å². The number of nitrogens with zero attached hydrogens (tertiary/aromatic N) is 2. The third-order valence-corrected chi connectivity index (χ3v) is 3.52. The van der Waals surface area contributed by atoms with E-state index in [9.17, 15) is 14.9 Å². The summed E-state index contributed by atoms with van der Waals surface area (Å²) in [5.41, 5.74) is 6.22. The Balaban J connectivity index is 1.83. The number of primary amides is 1. The zero-order chi connectivity index (χ0) is 14.5. The number of carbonyl (C=O) groups excluding carboxylic acids is 1. The summed E-state index contributed by atoms with van der Waals surface area (Å²) in [6.07, 6.45) is 1.69. The predicted molar refractivity (Wildman–Crippen MR) is 74.1 cm³/mol. The van der Waals surface area contributed by atoms with Gasteiger partial charge in [-0.1, -0.05) is 12.1 Å². The monoisotopic (exact) mass is 278 g/mol. The molecule has 0 unspecified atom stereocenters. The number of likely N-dealkylation sites (tertiary alicyclic amines) is 1. The van der Waals surface area contributed by atoms with Gasteiger partial charge in [-0.25, -0.2) is 4.79 Å². The van der Waals surface area contributed by atoms with Crippen molar-refractivity contribution in [2.75, 3.05) is 13.1 Å². The van der Waals surface area contributed by atoms with Crippen LogP contribution in [-0.2, 0) is 6.54 Å². The Kier molecular flexibility index (Phi) is 4.52. The van der Waals surface area contributed by atoms with Crippen LogP contribution in [0.25, 0.3) is 0 Å². The number of amides is 2. The minimum atomic E-state index is -0.394. The summed E-state index contributed by atoms with van der Waals surface area (Å²) in [5, 5.41) is 14.1. The molecule has 0 saturated carbocycles. The van der Waals surface area contributed by atoms with Crippen molar-refractivity contribution in [2.24, 2.45) is 5.73 Å². The molecule has 3 N–H and O–H groups in total. The van der Waals surface area contributed by atoms with Gasteiger partial charge >= 0.3 is 6.03 Å². The number of non-ortho nitro benzene ring substituents is 1. The quantitative estimate of drug-likeness (QED) is 0.638. The molecule has 0 aromatic heterocycles. The number of hydrogen-bond acceptors (Lipinski definition) is 4. The molecule has 1 aromatic carbocycles. The summed E-state index contributed by atoms with van der Waals surface area (Å²) < 4.78 is 0. The van der Waals surface area contributed by atoms with Crippen LogP contribution in [0, 0.1) is 10.1 Å². The normalized spacial score (nSPS) is 16.1. The van der Waals surface area contributed by atoms with Gasteiger partial charge in [0.2, 0.25) is 0 Å². The number of nitro benzene ring substituents is 1. The molecule has 7 nitrogen and oxygen atoms in total. The molecule has 7 heteroatoms. The van der Waals surface area contributed by atoms with Gasteiger partial charge in [0, 0.05) is 37.8 Å². The lowest BCUT2D eigenvalue weighted by Gasteiger charge is -2.31. The number of nitrogens with one attached hydrogen (secondary N) is 1. The summed E-state index contributed by atoms with van der Waals surface area (Å²) >= 11 is 0. The van der Waals surface area contributed by atoms with Crippen molar-refractivity contribution in [3.05, 3.63) is 39.9 Å². The first-order valence-electron chi connectivity index (χ1n) is 6.57. The van der Waals surface area contributed by atoms with Gasteiger partial charge in [0.1, 0.15) is 0 Å². The molecule has 0 radical (unpaired) electrons. The van der Waals surface area contributed by atoms with Crippen molar-refractivity contribution in [3.8, 4) is 0 Å². The van der Waals surface area contributed by atoms with Crippen LogP contribution in [0.4, 0.5) is 10.5 Å². The summed E-state index contributed by atoms with van der Waals surface area (Å²) in [7, 11) is 0. The molecule has 1 fully saturated rings. The molecule has 1 aromatic rings. The molecule has 0 aliphatic carbocycles. The van der Waals surface area contributed by atoms with Gasteiger partial charge in [-0.05, 0) is 18.4 Å². The predicted octanol–water partition coefficient (Wildman–Crippen LogP) is 1.23. The van der Waals surface area contributed by atoms with E-state index in [2.05, 4.69) is 5.32 Å². The van der Waals surface area contributed by atoms with Crippen molar-refractivity contribution >= 4 is 11.7 Å². The number of nitro groups is 1. The van der Waals surface area contributed by atoms with Crippen LogP contribution in [0.5, 0.6) is 0 Å². The average molecular weight is 278 g/mol. The fraction of sp³-hybridized carbons (Fsp3) is 0.462. The van der Waals surface area contributed by atoms with Gasteiger partial charge in [-0.15, -0.1) is 0 Å². The molecule has 108 valence electrons. The van der Waals surface area contributed by atoms with Crippen LogP contribution in [0.3, 0.4) is 0 Å². The Morgan fingerprint density at radius 1 is 1.45 bits per heavy atom. The van der Waals surface area contributed by atoms with Crippen LogP contribution < -0.4 is 11.1 Å². The standard InChI is InChI=1S/C13H18N4O3/c14-13(18)16-6-4-11(5-7-16)15-9-10-2-1-3-12(8-10)17(19)20/h1-3,8,11,15H,4-7,9H2,(H2,14,18). The van der Waals surface area contributed by atoms with Crippen LogP contribution in [0.15, 0.2) is 24.3 Å². The third kappa shape index (κ3) is 3.67. The van der Waals surface area contributed by atoms with E-state index in [1.165, 1.54) is 6.07 Å². The van der Waals surface area contributed by atoms with E-state index in [0.29, 0.717) is 25.7 Å². The van der Waals surface area contributed by atoms with Crippen molar-refractivity contribution in [3.63, 3.8) is 0 Å². The highest BCUT2D eigenvalue weighted by Crippen LogP contribution is 2.14. The van der Waals surface area contributed by atoms with Crippen LogP contribution >= 0.6 is 0 Å². The van der Waals surface area contributed by atoms with Crippen molar-refractivity contribution < 1.29 is 9.72 Å². The maximum Gasteiger partial charge on any atom is 0.314 e. The highest BCUT2D eigenvalue weighted by atomic mass is 16.6. The molecule has 1 aliphatic rings. The first-order valence-corrected chi connectivity index (χ1v) is 6.57. The maximum absolute atomic E-state index is 11.0. The Hall–Kier alpha value is -2.15. The topological polar surface area (TPSA) is 102 Å². The highest BCUT2D eigenvalue weighted by molar-refractivity contribution is 5.72. The number of benzene rings is 1. The van der Waals surface area contributed by atoms with E-state index in [0.717, 1.165) is 18.4 Å². The average Bonchev–Trinajstić information content (AvgIpc) is 2.46. The second kappa shape index (κ2) is 6.33. The molecule has 2 rings (SSSR count). The smallest absolute Gasteiger partial charge is 0.314 e. The number of hydrogen-bond donors (Lipinski definition) is 2. The molecule has 0 atom stereocenters. The lowest BCUT2D eigenvalue weighted by atomic mass is 10.0. The molecular formula is C13H18N4O3. The second-order valence-corrected chi connectivity index (χ2v) is 4.91. The van der Waals surface area contributed by atoms with Gasteiger partial charge in [0.25, 0.3) is 5.69 Å². The van der Waals surface area contributed by atoms with E-state index in [4.69, 9.17) is 5.73 Å². The van der Waals surface area contributed by atoms with E-state index < -0.39 is 4.92 Å². The Labute approximate surface area is 116 Å². The van der Waals surface area contributed by atoms with Crippen molar-refractivity contribution in [1.29, 1.82) is 0 Å². The molecular weight excluding hydrogens is 260 g/mol. The largest absolute Gasteiger partial charge is 0.351 e. The fourth-order valence-corrected chi connectivity index (χ4v) is 2.35. The van der Waals surface area contributed by atoms with Crippen LogP contribution in [0.1, 0.15) is 18.4 Å². The number of carbonyl (C=O) groups is 1. The number of nitrogens with two attached hydrogens (primary N) is 1. The zero-order valence-electron chi connectivity index (χ0n) is 11.1. The van der Waals surface area contributed by atoms with Crippen LogP contribution in [0.2, 0.25) is 0 Å². The Bertz CT molecular complexity index is 498. The Morgan fingerprint density at radius 3 is 2.75 bits per heavy atom. The lowest BCUT2D eigenvalue weighted by molar-refractivity contribution is -0.384. The first kappa shape index (κ1) is 14.3. The van der Waals surface area contributed by atoms with Gasteiger partial charge < -0.3 is 16.0 Å². The highest BCUT2D eigenvalue weighted by Gasteiger charge is 2.20. The first-order chi connectivity index (χ1) is 9.56. The molecule has 0 bridgehead atoms. The maximum atomic E-state index is 11.0. The minimum absolute atomic E-state index is 0.104. The van der Waals surface area contributed by atoms with E-state index >= 15 is 0 Å². The summed E-state index contributed by atoms with van der Waals surface area (Å²) in [4.78, 5) is 22.9. The molecule has 20 heavy (non-hydrogen) atoms. The SMILES string of the molecule is NC(=O)N1CCC(NCc2cccc([N+](=O)[O-])c2)CC1. The fourth-order valence-electron chi connectivity index (χ4n) is 2.35. The molecule has 0 spiro atoms. The van der Waals surface area contributed by atoms with E-state index in [-0.39, 0.29) is 11.7 Å². The summed E-state index contributed by atoms with van der Waals surface area (Å²) in [5.74, 6) is 0. The summed E-state index contributed by atoms with van der Waals surface area (Å²) in [6.45, 7) is 1.90. The molecule has 1 aliphatic heterocycles. The molecule has 1 saturated heterocycles. The van der Waals surface area contributed by atoms with Crippen LogP contribution in [-0.4, -0.2) is 35.0 Å². The van der Waals surface area contributed by atoms with E-state index in [1.54, 1.807) is 17.0 Å². The van der Waals surface area contributed by atoms with Gasteiger partial charge in [0.15, 0.2) is 0 Å². The minimum Gasteiger partial charge on any atom is -0.351 e. The summed E-state index contributed by atoms with van der Waals surface area (Å²) in [6, 6.07) is 6.54.